The Labute approximate surface area is 320 Å². The second-order valence-electron chi connectivity index (χ2n) is 15.7. The van der Waals surface area contributed by atoms with E-state index in [0.29, 0.717) is 23.9 Å². The summed E-state index contributed by atoms with van der Waals surface area (Å²) in [5.41, 5.74) is 0. The highest BCUT2D eigenvalue weighted by molar-refractivity contribution is 7.47. The molecule has 0 bridgehead atoms. The van der Waals surface area contributed by atoms with E-state index in [2.05, 4.69) is 26.0 Å². The van der Waals surface area contributed by atoms with Gasteiger partial charge in [0, 0.05) is 12.8 Å². The second-order valence-corrected chi connectivity index (χ2v) is 17.2. The summed E-state index contributed by atoms with van der Waals surface area (Å²) < 4.78 is 34.2. The fourth-order valence-electron chi connectivity index (χ4n) is 5.89. The number of carbonyl (C=O) groups is 2. The molecule has 10 heteroatoms. The Bertz CT molecular complexity index is 907. The number of carbonyl (C=O) groups excluding carboxylic acids is 2. The molecule has 0 heterocycles. The lowest BCUT2D eigenvalue weighted by Gasteiger charge is -2.24. The number of likely N-dealkylation sites (N-methyl/N-ethyl adjacent to an activating group) is 1. The Morgan fingerprint density at radius 1 is 0.577 bits per heavy atom. The van der Waals surface area contributed by atoms with Crippen LogP contribution in [0.1, 0.15) is 194 Å². The molecule has 1 N–H and O–H groups in total. The molecule has 0 amide bonds. The van der Waals surface area contributed by atoms with Crippen molar-refractivity contribution in [3.05, 3.63) is 12.2 Å². The Balaban J connectivity index is 4.24. The van der Waals surface area contributed by atoms with Crippen LogP contribution in [0.4, 0.5) is 0 Å². The molecular formula is C42H83NO8P+. The third-order valence-corrected chi connectivity index (χ3v) is 10.3. The summed E-state index contributed by atoms with van der Waals surface area (Å²) in [6.45, 7) is 4.40. The highest BCUT2D eigenvalue weighted by atomic mass is 31.2. The van der Waals surface area contributed by atoms with E-state index in [-0.39, 0.29) is 25.6 Å². The van der Waals surface area contributed by atoms with Gasteiger partial charge in [-0.1, -0.05) is 154 Å². The Morgan fingerprint density at radius 3 is 1.42 bits per heavy atom. The van der Waals surface area contributed by atoms with Gasteiger partial charge < -0.3 is 18.9 Å². The van der Waals surface area contributed by atoms with Gasteiger partial charge in [0.2, 0.25) is 0 Å². The van der Waals surface area contributed by atoms with Gasteiger partial charge in [-0.3, -0.25) is 18.6 Å². The van der Waals surface area contributed by atoms with Crippen molar-refractivity contribution < 1.29 is 42.1 Å². The van der Waals surface area contributed by atoms with Crippen molar-refractivity contribution >= 4 is 19.8 Å². The van der Waals surface area contributed by atoms with Crippen molar-refractivity contribution in [2.45, 2.75) is 200 Å². The van der Waals surface area contributed by atoms with Gasteiger partial charge >= 0.3 is 19.8 Å². The molecule has 308 valence electrons. The average Bonchev–Trinajstić information content (AvgIpc) is 3.09. The smallest absolute Gasteiger partial charge is 0.462 e. The molecule has 1 unspecified atom stereocenters. The molecule has 0 aliphatic heterocycles. The molecule has 0 rings (SSSR count). The van der Waals surface area contributed by atoms with Gasteiger partial charge in [-0.05, 0) is 38.5 Å². The first-order chi connectivity index (χ1) is 25.0. The van der Waals surface area contributed by atoms with E-state index in [1.54, 1.807) is 0 Å². The molecule has 0 aliphatic carbocycles. The van der Waals surface area contributed by atoms with E-state index in [0.717, 1.165) is 32.1 Å². The van der Waals surface area contributed by atoms with Crippen LogP contribution in [0.15, 0.2) is 12.2 Å². The largest absolute Gasteiger partial charge is 0.472 e. The number of unbranched alkanes of at least 4 members (excludes halogenated alkanes) is 23. The van der Waals surface area contributed by atoms with Crippen LogP contribution in [0.3, 0.4) is 0 Å². The molecule has 0 aromatic carbocycles. The number of phosphoric acid groups is 1. The summed E-state index contributed by atoms with van der Waals surface area (Å²) in [6, 6.07) is 0. The fourth-order valence-corrected chi connectivity index (χ4v) is 6.63. The zero-order chi connectivity index (χ0) is 38.6. The van der Waals surface area contributed by atoms with Gasteiger partial charge in [-0.15, -0.1) is 0 Å². The van der Waals surface area contributed by atoms with Gasteiger partial charge in [0.15, 0.2) is 6.10 Å². The number of hydrogen-bond donors (Lipinski definition) is 1. The lowest BCUT2D eigenvalue weighted by molar-refractivity contribution is -0.870. The summed E-state index contributed by atoms with van der Waals surface area (Å²) in [5.74, 6) is -0.797. The van der Waals surface area contributed by atoms with Gasteiger partial charge in [-0.2, -0.15) is 0 Å². The maximum Gasteiger partial charge on any atom is 0.472 e. The molecular weight excluding hydrogens is 677 g/mol. The summed E-state index contributed by atoms with van der Waals surface area (Å²) in [7, 11) is 1.48. The van der Waals surface area contributed by atoms with Gasteiger partial charge in [0.05, 0.1) is 27.7 Å². The zero-order valence-corrected chi connectivity index (χ0v) is 35.5. The van der Waals surface area contributed by atoms with Crippen LogP contribution in [0.5, 0.6) is 0 Å². The lowest BCUT2D eigenvalue weighted by atomic mass is 10.1. The van der Waals surface area contributed by atoms with Crippen molar-refractivity contribution in [2.75, 3.05) is 47.5 Å². The van der Waals surface area contributed by atoms with Crippen LogP contribution < -0.4 is 0 Å². The summed E-state index contributed by atoms with van der Waals surface area (Å²) in [4.78, 5) is 35.2. The Morgan fingerprint density at radius 2 is 0.981 bits per heavy atom. The van der Waals surface area contributed by atoms with E-state index in [4.69, 9.17) is 18.5 Å². The molecule has 0 saturated carbocycles. The minimum absolute atomic E-state index is 0.0343. The highest BCUT2D eigenvalue weighted by Crippen LogP contribution is 2.43. The molecule has 0 radical (unpaired) electrons. The van der Waals surface area contributed by atoms with Crippen molar-refractivity contribution in [1.82, 2.24) is 0 Å². The van der Waals surface area contributed by atoms with Crippen LogP contribution in [0.2, 0.25) is 0 Å². The summed E-state index contributed by atoms with van der Waals surface area (Å²) in [5, 5.41) is 0. The molecule has 0 aromatic rings. The highest BCUT2D eigenvalue weighted by Gasteiger charge is 2.27. The number of ether oxygens (including phenoxy) is 2. The van der Waals surface area contributed by atoms with Crippen LogP contribution in [0, 0.1) is 0 Å². The number of rotatable bonds is 39. The van der Waals surface area contributed by atoms with Crippen LogP contribution in [0.25, 0.3) is 0 Å². The Hall–Kier alpha value is -1.25. The molecule has 52 heavy (non-hydrogen) atoms. The van der Waals surface area contributed by atoms with Crippen molar-refractivity contribution in [1.29, 1.82) is 0 Å². The first-order valence-electron chi connectivity index (χ1n) is 21.4. The van der Waals surface area contributed by atoms with E-state index >= 15 is 0 Å². The molecule has 0 fully saturated rings. The number of phosphoric ester groups is 1. The predicted octanol–water partition coefficient (Wildman–Crippen LogP) is 11.8. The topological polar surface area (TPSA) is 108 Å². The normalized spacial score (nSPS) is 13.7. The number of quaternary nitrogens is 1. The second kappa shape index (κ2) is 35.5. The standard InChI is InChI=1S/C42H82NO8P/c1-6-8-10-12-14-16-17-18-19-20-21-22-23-24-25-27-28-30-32-34-41(44)48-38-40(39-50-52(46,47)49-37-36-43(3,4)5)51-42(45)35-33-31-29-26-15-13-11-9-7-2/h18-19,40H,6-17,20-39H2,1-5H3/p+1/b19-18+/t40-/m0/s1. The average molecular weight is 761 g/mol. The molecule has 9 nitrogen and oxygen atoms in total. The number of hydrogen-bond acceptors (Lipinski definition) is 7. The molecule has 0 aliphatic rings. The van der Waals surface area contributed by atoms with E-state index < -0.39 is 26.5 Å². The van der Waals surface area contributed by atoms with Gasteiger partial charge in [-0.25, -0.2) is 4.57 Å². The van der Waals surface area contributed by atoms with Gasteiger partial charge in [0.25, 0.3) is 0 Å². The third-order valence-electron chi connectivity index (χ3n) is 9.30. The monoisotopic (exact) mass is 761 g/mol. The van der Waals surface area contributed by atoms with Gasteiger partial charge in [0.1, 0.15) is 19.8 Å². The maximum absolute atomic E-state index is 12.6. The Kier molecular flexibility index (Phi) is 34.6. The first kappa shape index (κ1) is 50.8. The van der Waals surface area contributed by atoms with Crippen molar-refractivity contribution in [3.8, 4) is 0 Å². The lowest BCUT2D eigenvalue weighted by Crippen LogP contribution is -2.37. The minimum atomic E-state index is -4.36. The number of nitrogens with zero attached hydrogens (tertiary/aromatic N) is 1. The zero-order valence-electron chi connectivity index (χ0n) is 34.6. The third kappa shape index (κ3) is 38.5. The SMILES string of the molecule is CCCCCCCC/C=C/CCCCCCCCCCCC(=O)OC[C@@H](COP(=O)(O)OCC[N+](C)(C)C)OC(=O)CCCCCCCCCCC. The fraction of sp³-hybridized carbons (Fsp3) is 0.905. The van der Waals surface area contributed by atoms with Crippen LogP contribution >= 0.6 is 7.82 Å². The predicted molar refractivity (Wildman–Crippen MR) is 215 cm³/mol. The molecule has 0 aromatic heterocycles. The maximum atomic E-state index is 12.6. The van der Waals surface area contributed by atoms with Crippen molar-refractivity contribution in [3.63, 3.8) is 0 Å². The molecule has 0 spiro atoms. The van der Waals surface area contributed by atoms with Crippen molar-refractivity contribution in [2.24, 2.45) is 0 Å². The molecule has 0 saturated heterocycles. The minimum Gasteiger partial charge on any atom is -0.462 e. The summed E-state index contributed by atoms with van der Waals surface area (Å²) >= 11 is 0. The van der Waals surface area contributed by atoms with Crippen LogP contribution in [-0.4, -0.2) is 74.9 Å². The van der Waals surface area contributed by atoms with E-state index in [1.807, 2.05) is 21.1 Å². The number of esters is 2. The quantitative estimate of drug-likeness (QED) is 0.0217. The number of allylic oxidation sites excluding steroid dienone is 2. The van der Waals surface area contributed by atoms with E-state index in [1.165, 1.54) is 128 Å². The van der Waals surface area contributed by atoms with E-state index in [9.17, 15) is 19.0 Å². The molecule has 2 atom stereocenters. The summed E-state index contributed by atoms with van der Waals surface area (Å²) in [6.07, 6.45) is 35.5. The first-order valence-corrected chi connectivity index (χ1v) is 22.9. The van der Waals surface area contributed by atoms with Crippen LogP contribution in [-0.2, 0) is 32.7 Å².